The first-order valence-corrected chi connectivity index (χ1v) is 13.6. The molecule has 1 aliphatic rings. The molecule has 3 aromatic rings. The van der Waals surface area contributed by atoms with Crippen molar-refractivity contribution < 1.29 is 19.1 Å². The molecule has 1 saturated heterocycles. The lowest BCUT2D eigenvalue weighted by molar-refractivity contribution is -0.146. The van der Waals surface area contributed by atoms with E-state index in [4.69, 9.17) is 4.74 Å². The van der Waals surface area contributed by atoms with Crippen LogP contribution in [0.3, 0.4) is 0 Å². The standard InChI is InChI=1S/C32H39N3O4/c1-32(2,3)39-31(38)35-19-11-16-27(35)30(37)34(5)28(29(36)33(4)22-23-12-7-6-8-13-23)21-24-17-18-25-14-9-10-15-26(25)20-24/h6-10,12-15,17-18,20,27-28H,11,16,19,21-22H2,1-5H3/t27-,28-/m0/s1. The molecule has 1 aliphatic heterocycles. The molecule has 3 aromatic carbocycles. The summed E-state index contributed by atoms with van der Waals surface area (Å²) in [6.45, 7) is 6.32. The molecule has 4 rings (SSSR count). The van der Waals surface area contributed by atoms with Crippen molar-refractivity contribution in [1.29, 1.82) is 0 Å². The summed E-state index contributed by atoms with van der Waals surface area (Å²) in [5.41, 5.74) is 1.32. The fourth-order valence-electron chi connectivity index (χ4n) is 5.12. The largest absolute Gasteiger partial charge is 0.444 e. The highest BCUT2D eigenvalue weighted by Gasteiger charge is 2.41. The van der Waals surface area contributed by atoms with E-state index in [-0.39, 0.29) is 11.8 Å². The quantitative estimate of drug-likeness (QED) is 0.418. The minimum atomic E-state index is -0.728. The molecular formula is C32H39N3O4. The Labute approximate surface area is 231 Å². The van der Waals surface area contributed by atoms with Gasteiger partial charge in [0.25, 0.3) is 0 Å². The molecule has 206 valence electrons. The van der Waals surface area contributed by atoms with Crippen molar-refractivity contribution >= 4 is 28.7 Å². The first kappa shape index (κ1) is 28.1. The Bertz CT molecular complexity index is 1320. The molecule has 7 heteroatoms. The van der Waals surface area contributed by atoms with Crippen LogP contribution in [0, 0.1) is 0 Å². The van der Waals surface area contributed by atoms with Crippen molar-refractivity contribution in [1.82, 2.24) is 14.7 Å². The molecule has 0 saturated carbocycles. The third-order valence-electron chi connectivity index (χ3n) is 7.15. The highest BCUT2D eigenvalue weighted by molar-refractivity contribution is 5.92. The maximum absolute atomic E-state index is 13.9. The predicted octanol–water partition coefficient (Wildman–Crippen LogP) is 5.27. The molecule has 1 fully saturated rings. The van der Waals surface area contributed by atoms with Crippen LogP contribution in [0.15, 0.2) is 72.8 Å². The molecule has 39 heavy (non-hydrogen) atoms. The van der Waals surface area contributed by atoms with Crippen LogP contribution in [0.1, 0.15) is 44.7 Å². The molecule has 0 bridgehead atoms. The topological polar surface area (TPSA) is 70.2 Å². The van der Waals surface area contributed by atoms with E-state index in [2.05, 4.69) is 12.1 Å². The highest BCUT2D eigenvalue weighted by atomic mass is 16.6. The van der Waals surface area contributed by atoms with Crippen LogP contribution < -0.4 is 0 Å². The van der Waals surface area contributed by atoms with Crippen LogP contribution in [-0.2, 0) is 27.3 Å². The lowest BCUT2D eigenvalue weighted by atomic mass is 9.99. The van der Waals surface area contributed by atoms with E-state index in [0.717, 1.165) is 21.9 Å². The number of rotatable bonds is 7. The summed E-state index contributed by atoms with van der Waals surface area (Å²) < 4.78 is 5.57. The Hall–Kier alpha value is -3.87. The van der Waals surface area contributed by atoms with Crippen LogP contribution in [0.4, 0.5) is 4.79 Å². The van der Waals surface area contributed by atoms with Gasteiger partial charge in [0, 0.05) is 33.6 Å². The summed E-state index contributed by atoms with van der Waals surface area (Å²) in [6, 6.07) is 22.6. The molecular weight excluding hydrogens is 490 g/mol. The van der Waals surface area contributed by atoms with Gasteiger partial charge in [-0.3, -0.25) is 14.5 Å². The van der Waals surface area contributed by atoms with Gasteiger partial charge in [-0.2, -0.15) is 0 Å². The third-order valence-corrected chi connectivity index (χ3v) is 7.15. The minimum Gasteiger partial charge on any atom is -0.444 e. The van der Waals surface area contributed by atoms with Gasteiger partial charge in [0.1, 0.15) is 17.7 Å². The summed E-state index contributed by atoms with van der Waals surface area (Å²) in [5, 5.41) is 2.20. The minimum absolute atomic E-state index is 0.148. The van der Waals surface area contributed by atoms with Crippen LogP contribution in [0.5, 0.6) is 0 Å². The number of nitrogens with zero attached hydrogens (tertiary/aromatic N) is 3. The monoisotopic (exact) mass is 529 g/mol. The first-order valence-electron chi connectivity index (χ1n) is 13.6. The lowest BCUT2D eigenvalue weighted by Gasteiger charge is -2.35. The normalized spacial score (nSPS) is 16.1. The van der Waals surface area contributed by atoms with Crippen molar-refractivity contribution in [3.8, 4) is 0 Å². The molecule has 0 N–H and O–H groups in total. The average molecular weight is 530 g/mol. The van der Waals surface area contributed by atoms with Gasteiger partial charge in [-0.1, -0.05) is 72.8 Å². The molecule has 2 atom stereocenters. The van der Waals surface area contributed by atoms with Crippen LogP contribution in [0.2, 0.25) is 0 Å². The fraction of sp³-hybridized carbons (Fsp3) is 0.406. The van der Waals surface area contributed by atoms with Crippen LogP contribution >= 0.6 is 0 Å². The molecule has 3 amide bonds. The van der Waals surface area contributed by atoms with Gasteiger partial charge in [0.2, 0.25) is 11.8 Å². The van der Waals surface area contributed by atoms with E-state index in [0.29, 0.717) is 32.4 Å². The zero-order valence-corrected chi connectivity index (χ0v) is 23.6. The molecule has 1 heterocycles. The number of likely N-dealkylation sites (N-methyl/N-ethyl adjacent to an activating group) is 2. The Morgan fingerprint density at radius 3 is 2.28 bits per heavy atom. The number of amides is 3. The van der Waals surface area contributed by atoms with Crippen molar-refractivity contribution in [2.75, 3.05) is 20.6 Å². The van der Waals surface area contributed by atoms with Crippen LogP contribution in [-0.4, -0.2) is 70.9 Å². The van der Waals surface area contributed by atoms with E-state index >= 15 is 0 Å². The van der Waals surface area contributed by atoms with Gasteiger partial charge in [-0.05, 0) is 55.5 Å². The Morgan fingerprint density at radius 1 is 0.923 bits per heavy atom. The zero-order valence-electron chi connectivity index (χ0n) is 23.6. The second-order valence-corrected chi connectivity index (χ2v) is 11.4. The number of benzene rings is 3. The number of likely N-dealkylation sites (tertiary alicyclic amines) is 1. The second-order valence-electron chi connectivity index (χ2n) is 11.4. The Kier molecular flexibility index (Phi) is 8.58. The van der Waals surface area contributed by atoms with Gasteiger partial charge in [-0.25, -0.2) is 4.79 Å². The summed E-state index contributed by atoms with van der Waals surface area (Å²) in [5.74, 6) is -0.393. The van der Waals surface area contributed by atoms with E-state index in [9.17, 15) is 14.4 Å². The van der Waals surface area contributed by atoms with Gasteiger partial charge < -0.3 is 14.5 Å². The number of hydrogen-bond acceptors (Lipinski definition) is 4. The van der Waals surface area contributed by atoms with Gasteiger partial charge in [-0.15, -0.1) is 0 Å². The van der Waals surface area contributed by atoms with Gasteiger partial charge in [0.05, 0.1) is 0 Å². The summed E-state index contributed by atoms with van der Waals surface area (Å²) >= 11 is 0. The smallest absolute Gasteiger partial charge is 0.410 e. The molecule has 0 aliphatic carbocycles. The molecule has 0 aromatic heterocycles. The molecule has 0 radical (unpaired) electrons. The Balaban J connectivity index is 1.59. The first-order chi connectivity index (χ1) is 18.5. The summed E-state index contributed by atoms with van der Waals surface area (Å²) in [6.07, 6.45) is 1.12. The summed E-state index contributed by atoms with van der Waals surface area (Å²) in [7, 11) is 3.44. The number of ether oxygens (including phenoxy) is 1. The lowest BCUT2D eigenvalue weighted by Crippen LogP contribution is -2.55. The third kappa shape index (κ3) is 6.96. The maximum Gasteiger partial charge on any atom is 0.410 e. The summed E-state index contributed by atoms with van der Waals surface area (Å²) in [4.78, 5) is 45.4. The van der Waals surface area contributed by atoms with Crippen molar-refractivity contribution in [3.05, 3.63) is 83.9 Å². The van der Waals surface area contributed by atoms with Crippen molar-refractivity contribution in [3.63, 3.8) is 0 Å². The van der Waals surface area contributed by atoms with E-state index in [1.165, 1.54) is 9.80 Å². The number of carbonyl (C=O) groups is 3. The van der Waals surface area contributed by atoms with Crippen molar-refractivity contribution in [2.24, 2.45) is 0 Å². The molecule has 0 spiro atoms. The van der Waals surface area contributed by atoms with E-state index < -0.39 is 23.8 Å². The SMILES string of the molecule is CN(Cc1ccccc1)C(=O)[C@H](Cc1ccc2ccccc2c1)N(C)C(=O)[C@@H]1CCCN1C(=O)OC(C)(C)C. The van der Waals surface area contributed by atoms with Crippen LogP contribution in [0.25, 0.3) is 10.8 Å². The average Bonchev–Trinajstić information content (AvgIpc) is 3.40. The highest BCUT2D eigenvalue weighted by Crippen LogP contribution is 2.25. The Morgan fingerprint density at radius 2 is 1.59 bits per heavy atom. The van der Waals surface area contributed by atoms with Gasteiger partial charge >= 0.3 is 6.09 Å². The maximum atomic E-state index is 13.9. The zero-order chi connectivity index (χ0) is 28.2. The van der Waals surface area contributed by atoms with E-state index in [1.807, 2.05) is 81.4 Å². The number of carbonyl (C=O) groups excluding carboxylic acids is 3. The number of fused-ring (bicyclic) bond motifs is 1. The van der Waals surface area contributed by atoms with Gasteiger partial charge in [0.15, 0.2) is 0 Å². The van der Waals surface area contributed by atoms with Crippen molar-refractivity contribution in [2.45, 2.75) is 64.3 Å². The number of hydrogen-bond donors (Lipinski definition) is 0. The molecule has 0 unspecified atom stereocenters. The second kappa shape index (κ2) is 11.9. The fourth-order valence-corrected chi connectivity index (χ4v) is 5.12. The predicted molar refractivity (Wildman–Crippen MR) is 153 cm³/mol. The molecule has 7 nitrogen and oxygen atoms in total. The van der Waals surface area contributed by atoms with E-state index in [1.54, 1.807) is 19.0 Å².